The summed E-state index contributed by atoms with van der Waals surface area (Å²) < 4.78 is 27.6. The smallest absolute Gasteiger partial charge is 0.261 e. The van der Waals surface area contributed by atoms with Crippen LogP contribution in [0.2, 0.25) is 0 Å². The number of para-hydroxylation sites is 1. The second-order valence-electron chi connectivity index (χ2n) is 5.76. The van der Waals surface area contributed by atoms with Crippen LogP contribution in [-0.4, -0.2) is 11.8 Å². The van der Waals surface area contributed by atoms with Crippen LogP contribution in [0.3, 0.4) is 0 Å². The van der Waals surface area contributed by atoms with Crippen LogP contribution in [-0.2, 0) is 6.54 Å². The molecule has 2 amide bonds. The number of anilines is 1. The Morgan fingerprint density at radius 1 is 0.741 bits per heavy atom. The van der Waals surface area contributed by atoms with Crippen molar-refractivity contribution in [2.45, 2.75) is 6.54 Å². The first kappa shape index (κ1) is 18.3. The van der Waals surface area contributed by atoms with E-state index < -0.39 is 29.0 Å². The van der Waals surface area contributed by atoms with Gasteiger partial charge in [-0.05, 0) is 29.8 Å². The van der Waals surface area contributed by atoms with E-state index in [9.17, 15) is 18.4 Å². The highest BCUT2D eigenvalue weighted by atomic mass is 19.1. The van der Waals surface area contributed by atoms with Crippen LogP contribution in [0.5, 0.6) is 0 Å². The molecule has 27 heavy (non-hydrogen) atoms. The molecule has 0 aliphatic carbocycles. The Morgan fingerprint density at radius 2 is 1.37 bits per heavy atom. The van der Waals surface area contributed by atoms with E-state index in [1.807, 2.05) is 30.3 Å². The molecule has 136 valence electrons. The predicted molar refractivity (Wildman–Crippen MR) is 98.4 cm³/mol. The normalized spacial score (nSPS) is 10.3. The van der Waals surface area contributed by atoms with Crippen molar-refractivity contribution in [2.75, 3.05) is 5.32 Å². The van der Waals surface area contributed by atoms with Gasteiger partial charge in [0, 0.05) is 6.54 Å². The summed E-state index contributed by atoms with van der Waals surface area (Å²) >= 11 is 0. The second-order valence-corrected chi connectivity index (χ2v) is 5.76. The van der Waals surface area contributed by atoms with Crippen molar-refractivity contribution >= 4 is 17.5 Å². The minimum Gasteiger partial charge on any atom is -0.348 e. The average molecular weight is 366 g/mol. The molecule has 0 saturated heterocycles. The van der Waals surface area contributed by atoms with E-state index >= 15 is 0 Å². The summed E-state index contributed by atoms with van der Waals surface area (Å²) in [4.78, 5) is 24.8. The summed E-state index contributed by atoms with van der Waals surface area (Å²) in [5, 5.41) is 5.16. The van der Waals surface area contributed by atoms with Gasteiger partial charge in [-0.1, -0.05) is 48.5 Å². The Kier molecular flexibility index (Phi) is 5.56. The summed E-state index contributed by atoms with van der Waals surface area (Å²) in [5.41, 5.74) is 0.576. The van der Waals surface area contributed by atoms with Gasteiger partial charge in [0.2, 0.25) is 0 Å². The third-order valence-corrected chi connectivity index (χ3v) is 3.91. The largest absolute Gasteiger partial charge is 0.348 e. The Morgan fingerprint density at radius 3 is 2.07 bits per heavy atom. The number of nitrogens with one attached hydrogen (secondary N) is 2. The molecule has 0 saturated carbocycles. The third kappa shape index (κ3) is 4.36. The predicted octanol–water partition coefficient (Wildman–Crippen LogP) is 4.15. The highest BCUT2D eigenvalue weighted by molar-refractivity contribution is 6.09. The molecule has 0 spiro atoms. The first-order valence-corrected chi connectivity index (χ1v) is 8.23. The Labute approximate surface area is 154 Å². The first-order chi connectivity index (χ1) is 13.1. The molecule has 3 aromatic rings. The first-order valence-electron chi connectivity index (χ1n) is 8.23. The number of hydrogen-bond donors (Lipinski definition) is 2. The average Bonchev–Trinajstić information content (AvgIpc) is 2.67. The molecule has 0 atom stereocenters. The standard InChI is InChI=1S/C21H16F2N2O2/c22-16-10-6-11-17(23)19(16)21(27)25-18-12-5-4-9-15(18)20(26)24-13-14-7-2-1-3-8-14/h1-12H,13H2,(H,24,26)(H,25,27). The molecule has 0 aliphatic rings. The van der Waals surface area contributed by atoms with Crippen molar-refractivity contribution in [1.29, 1.82) is 0 Å². The highest BCUT2D eigenvalue weighted by Gasteiger charge is 2.19. The van der Waals surface area contributed by atoms with E-state index in [-0.39, 0.29) is 11.3 Å². The molecular formula is C21H16F2N2O2. The number of carbonyl (C=O) groups excluding carboxylic acids is 2. The van der Waals surface area contributed by atoms with E-state index in [1.54, 1.807) is 12.1 Å². The van der Waals surface area contributed by atoms with Crippen LogP contribution in [0.4, 0.5) is 14.5 Å². The van der Waals surface area contributed by atoms with Crippen molar-refractivity contribution in [3.63, 3.8) is 0 Å². The maximum Gasteiger partial charge on any atom is 0.261 e. The van der Waals surface area contributed by atoms with Crippen molar-refractivity contribution in [3.05, 3.63) is 101 Å². The van der Waals surface area contributed by atoms with Crippen LogP contribution < -0.4 is 10.6 Å². The van der Waals surface area contributed by atoms with Gasteiger partial charge in [0.15, 0.2) is 0 Å². The van der Waals surface area contributed by atoms with Gasteiger partial charge in [-0.2, -0.15) is 0 Å². The number of benzene rings is 3. The van der Waals surface area contributed by atoms with Crippen molar-refractivity contribution < 1.29 is 18.4 Å². The van der Waals surface area contributed by atoms with E-state index in [4.69, 9.17) is 0 Å². The van der Waals surface area contributed by atoms with Crippen LogP contribution >= 0.6 is 0 Å². The fourth-order valence-electron chi connectivity index (χ4n) is 2.56. The van der Waals surface area contributed by atoms with Gasteiger partial charge >= 0.3 is 0 Å². The van der Waals surface area contributed by atoms with Crippen LogP contribution in [0, 0.1) is 11.6 Å². The molecule has 2 N–H and O–H groups in total. The fraction of sp³-hybridized carbons (Fsp3) is 0.0476. The maximum absolute atomic E-state index is 13.8. The van der Waals surface area contributed by atoms with Crippen molar-refractivity contribution in [3.8, 4) is 0 Å². The lowest BCUT2D eigenvalue weighted by atomic mass is 10.1. The van der Waals surface area contributed by atoms with Crippen LogP contribution in [0.25, 0.3) is 0 Å². The third-order valence-electron chi connectivity index (χ3n) is 3.91. The number of amides is 2. The second kappa shape index (κ2) is 8.23. The van der Waals surface area contributed by atoms with E-state index in [0.29, 0.717) is 6.54 Å². The lowest BCUT2D eigenvalue weighted by Gasteiger charge is -2.12. The maximum atomic E-state index is 13.8. The van der Waals surface area contributed by atoms with Crippen molar-refractivity contribution in [1.82, 2.24) is 5.32 Å². The summed E-state index contributed by atoms with van der Waals surface area (Å²) in [6, 6.07) is 18.8. The number of hydrogen-bond acceptors (Lipinski definition) is 2. The zero-order valence-electron chi connectivity index (χ0n) is 14.2. The molecule has 0 aromatic heterocycles. The fourth-order valence-corrected chi connectivity index (χ4v) is 2.56. The number of halogens is 2. The molecule has 0 fully saturated rings. The van der Waals surface area contributed by atoms with Gasteiger partial charge < -0.3 is 10.6 Å². The molecule has 0 aliphatic heterocycles. The highest BCUT2D eigenvalue weighted by Crippen LogP contribution is 2.19. The topological polar surface area (TPSA) is 58.2 Å². The Hall–Kier alpha value is -3.54. The lowest BCUT2D eigenvalue weighted by molar-refractivity contribution is 0.0952. The van der Waals surface area contributed by atoms with Crippen LogP contribution in [0.1, 0.15) is 26.3 Å². The van der Waals surface area contributed by atoms with Gasteiger partial charge in [0.05, 0.1) is 11.3 Å². The molecule has 0 radical (unpaired) electrons. The van der Waals surface area contributed by atoms with Gasteiger partial charge in [0.25, 0.3) is 11.8 Å². The van der Waals surface area contributed by atoms with Gasteiger partial charge in [0.1, 0.15) is 17.2 Å². The summed E-state index contributed by atoms with van der Waals surface area (Å²) in [7, 11) is 0. The molecule has 0 bridgehead atoms. The van der Waals surface area contributed by atoms with Crippen molar-refractivity contribution in [2.24, 2.45) is 0 Å². The molecule has 4 nitrogen and oxygen atoms in total. The monoisotopic (exact) mass is 366 g/mol. The summed E-state index contributed by atoms with van der Waals surface area (Å²) in [6.45, 7) is 0.309. The Bertz CT molecular complexity index is 955. The summed E-state index contributed by atoms with van der Waals surface area (Å²) in [5.74, 6) is -3.32. The minimum atomic E-state index is -0.974. The number of carbonyl (C=O) groups is 2. The zero-order valence-corrected chi connectivity index (χ0v) is 14.2. The molecule has 0 heterocycles. The molecule has 3 aromatic carbocycles. The van der Waals surface area contributed by atoms with Gasteiger partial charge in [-0.15, -0.1) is 0 Å². The zero-order chi connectivity index (χ0) is 19.2. The van der Waals surface area contributed by atoms with E-state index in [0.717, 1.165) is 17.7 Å². The number of rotatable bonds is 5. The molecule has 6 heteroatoms. The molecule has 0 unspecified atom stereocenters. The van der Waals surface area contributed by atoms with Crippen LogP contribution in [0.15, 0.2) is 72.8 Å². The lowest BCUT2D eigenvalue weighted by Crippen LogP contribution is -2.25. The van der Waals surface area contributed by atoms with E-state index in [2.05, 4.69) is 10.6 Å². The van der Waals surface area contributed by atoms with Gasteiger partial charge in [-0.3, -0.25) is 9.59 Å². The SMILES string of the molecule is O=C(NCc1ccccc1)c1ccccc1NC(=O)c1c(F)cccc1F. The molecular weight excluding hydrogens is 350 g/mol. The molecule has 3 rings (SSSR count). The quantitative estimate of drug-likeness (QED) is 0.713. The van der Waals surface area contributed by atoms with E-state index in [1.165, 1.54) is 18.2 Å². The Balaban J connectivity index is 1.77. The summed E-state index contributed by atoms with van der Waals surface area (Å²) in [6.07, 6.45) is 0. The minimum absolute atomic E-state index is 0.163. The van der Waals surface area contributed by atoms with Gasteiger partial charge in [-0.25, -0.2) is 8.78 Å².